The normalized spacial score (nSPS) is 16.9. The molecular weight excluding hydrogens is 292 g/mol. The second-order valence-electron chi connectivity index (χ2n) is 6.01. The Balaban J connectivity index is 1.68. The van der Waals surface area contributed by atoms with Crippen molar-refractivity contribution in [3.8, 4) is 5.75 Å². The van der Waals surface area contributed by atoms with Gasteiger partial charge in [-0.2, -0.15) is 0 Å². The summed E-state index contributed by atoms with van der Waals surface area (Å²) in [4.78, 5) is 4.40. The number of hydrogen-bond acceptors (Lipinski definition) is 6. The van der Waals surface area contributed by atoms with E-state index in [1.54, 1.807) is 0 Å². The molecular formula is C17H30N4O2. The molecule has 0 saturated carbocycles. The summed E-state index contributed by atoms with van der Waals surface area (Å²) in [5.74, 6) is 6.69. The number of nitrogens with two attached hydrogens (primary N) is 1. The molecule has 1 aliphatic rings. The molecule has 3 N–H and O–H groups in total. The summed E-state index contributed by atoms with van der Waals surface area (Å²) < 4.78 is 5.76. The molecule has 0 bridgehead atoms. The smallest absolute Gasteiger partial charge is 0.119 e. The van der Waals surface area contributed by atoms with Crippen molar-refractivity contribution in [1.82, 2.24) is 14.8 Å². The Morgan fingerprint density at radius 2 is 1.87 bits per heavy atom. The summed E-state index contributed by atoms with van der Waals surface area (Å²) in [6.45, 7) is 9.44. The average molecular weight is 322 g/mol. The van der Waals surface area contributed by atoms with Crippen molar-refractivity contribution in [1.29, 1.82) is 0 Å². The molecule has 1 aromatic rings. The molecule has 1 fully saturated rings. The van der Waals surface area contributed by atoms with Crippen LogP contribution in [0.15, 0.2) is 24.3 Å². The zero-order valence-electron chi connectivity index (χ0n) is 14.2. The molecule has 0 aromatic heterocycles. The molecule has 1 aliphatic heterocycles. The Morgan fingerprint density at radius 1 is 1.17 bits per heavy atom. The molecule has 0 spiro atoms. The number of benzene rings is 1. The third-order valence-corrected chi connectivity index (χ3v) is 4.27. The van der Waals surface area contributed by atoms with E-state index in [9.17, 15) is 0 Å². The molecule has 0 unspecified atom stereocenters. The van der Waals surface area contributed by atoms with Gasteiger partial charge in [0.25, 0.3) is 0 Å². The SMILES string of the molecule is CCN(CO)CCCOc1ccc(CN2CCN(N)CC2)cc1. The summed E-state index contributed by atoms with van der Waals surface area (Å²) in [6.07, 6.45) is 0.916. The second kappa shape index (κ2) is 9.85. The van der Waals surface area contributed by atoms with Crippen molar-refractivity contribution in [3.63, 3.8) is 0 Å². The van der Waals surface area contributed by atoms with E-state index >= 15 is 0 Å². The van der Waals surface area contributed by atoms with Gasteiger partial charge >= 0.3 is 0 Å². The third-order valence-electron chi connectivity index (χ3n) is 4.27. The number of piperazine rings is 1. The van der Waals surface area contributed by atoms with Crippen molar-refractivity contribution in [2.24, 2.45) is 5.84 Å². The number of aliphatic hydroxyl groups excluding tert-OH is 1. The number of ether oxygens (including phenoxy) is 1. The second-order valence-corrected chi connectivity index (χ2v) is 6.01. The van der Waals surface area contributed by atoms with Crippen LogP contribution in [0.1, 0.15) is 18.9 Å². The van der Waals surface area contributed by atoms with Crippen LogP contribution in [0.2, 0.25) is 0 Å². The zero-order chi connectivity index (χ0) is 16.5. The molecule has 1 saturated heterocycles. The van der Waals surface area contributed by atoms with E-state index in [0.29, 0.717) is 6.61 Å². The molecule has 0 aliphatic carbocycles. The molecule has 0 amide bonds. The van der Waals surface area contributed by atoms with Gasteiger partial charge in [0.15, 0.2) is 0 Å². The molecule has 1 aromatic carbocycles. The predicted molar refractivity (Wildman–Crippen MR) is 91.9 cm³/mol. The minimum Gasteiger partial charge on any atom is -0.494 e. The largest absolute Gasteiger partial charge is 0.494 e. The van der Waals surface area contributed by atoms with E-state index in [-0.39, 0.29) is 6.73 Å². The lowest BCUT2D eigenvalue weighted by Crippen LogP contribution is -2.48. The highest BCUT2D eigenvalue weighted by Gasteiger charge is 2.14. The maximum absolute atomic E-state index is 9.09. The van der Waals surface area contributed by atoms with Gasteiger partial charge in [-0.15, -0.1) is 0 Å². The summed E-state index contributed by atoms with van der Waals surface area (Å²) in [5.41, 5.74) is 1.31. The van der Waals surface area contributed by atoms with E-state index in [1.165, 1.54) is 5.56 Å². The summed E-state index contributed by atoms with van der Waals surface area (Å²) >= 11 is 0. The fourth-order valence-electron chi connectivity index (χ4n) is 2.68. The monoisotopic (exact) mass is 322 g/mol. The van der Waals surface area contributed by atoms with Crippen molar-refractivity contribution < 1.29 is 9.84 Å². The lowest BCUT2D eigenvalue weighted by atomic mass is 10.2. The van der Waals surface area contributed by atoms with Gasteiger partial charge in [-0.3, -0.25) is 15.6 Å². The number of rotatable bonds is 9. The predicted octanol–water partition coefficient (Wildman–Crippen LogP) is 0.719. The van der Waals surface area contributed by atoms with Gasteiger partial charge < -0.3 is 9.84 Å². The molecule has 6 nitrogen and oxygen atoms in total. The molecule has 130 valence electrons. The van der Waals surface area contributed by atoms with Crippen LogP contribution in [-0.4, -0.2) is 72.5 Å². The zero-order valence-corrected chi connectivity index (χ0v) is 14.2. The Bertz CT molecular complexity index is 429. The van der Waals surface area contributed by atoms with Crippen molar-refractivity contribution in [2.45, 2.75) is 19.9 Å². The number of nitrogens with zero attached hydrogens (tertiary/aromatic N) is 3. The molecule has 1 heterocycles. The molecule has 0 radical (unpaired) electrons. The summed E-state index contributed by atoms with van der Waals surface area (Å²) in [5, 5.41) is 11.0. The standard InChI is InChI=1S/C17H30N4O2/c1-2-19(15-22)8-3-13-23-17-6-4-16(5-7-17)14-20-9-11-21(18)12-10-20/h4-7,22H,2-3,8-15,18H2,1H3. The van der Waals surface area contributed by atoms with Crippen molar-refractivity contribution >= 4 is 0 Å². The van der Waals surface area contributed by atoms with E-state index in [0.717, 1.165) is 58.0 Å². The molecule has 2 rings (SSSR count). The molecule has 23 heavy (non-hydrogen) atoms. The first-order chi connectivity index (χ1) is 11.2. The third kappa shape index (κ3) is 6.45. The fourth-order valence-corrected chi connectivity index (χ4v) is 2.68. The maximum Gasteiger partial charge on any atom is 0.119 e. The Morgan fingerprint density at radius 3 is 2.48 bits per heavy atom. The maximum atomic E-state index is 9.09. The van der Waals surface area contributed by atoms with Gasteiger partial charge in [0.1, 0.15) is 5.75 Å². The van der Waals surface area contributed by atoms with Crippen LogP contribution < -0.4 is 10.6 Å². The lowest BCUT2D eigenvalue weighted by Gasteiger charge is -2.31. The van der Waals surface area contributed by atoms with Crippen LogP contribution in [-0.2, 0) is 6.54 Å². The van der Waals surface area contributed by atoms with Crippen molar-refractivity contribution in [2.75, 3.05) is 52.6 Å². The van der Waals surface area contributed by atoms with E-state index < -0.39 is 0 Å². The first kappa shape index (κ1) is 18.2. The van der Waals surface area contributed by atoms with Gasteiger partial charge in [0.05, 0.1) is 13.3 Å². The van der Waals surface area contributed by atoms with Gasteiger partial charge in [-0.1, -0.05) is 19.1 Å². The minimum atomic E-state index is 0.115. The first-order valence-corrected chi connectivity index (χ1v) is 8.48. The lowest BCUT2D eigenvalue weighted by molar-refractivity contribution is 0.106. The Hall–Kier alpha value is -1.18. The minimum absolute atomic E-state index is 0.115. The number of hydrazine groups is 1. The Kier molecular flexibility index (Phi) is 7.78. The highest BCUT2D eigenvalue weighted by atomic mass is 16.5. The number of hydrogen-bond donors (Lipinski definition) is 2. The van der Waals surface area contributed by atoms with Gasteiger partial charge in [-0.25, -0.2) is 5.01 Å². The summed E-state index contributed by atoms with van der Waals surface area (Å²) in [7, 11) is 0. The fraction of sp³-hybridized carbons (Fsp3) is 0.647. The first-order valence-electron chi connectivity index (χ1n) is 8.48. The van der Waals surface area contributed by atoms with Crippen LogP contribution in [0.4, 0.5) is 0 Å². The van der Waals surface area contributed by atoms with E-state index in [1.807, 2.05) is 29.0 Å². The van der Waals surface area contributed by atoms with Crippen LogP contribution >= 0.6 is 0 Å². The number of aliphatic hydroxyl groups is 1. The van der Waals surface area contributed by atoms with Crippen molar-refractivity contribution in [3.05, 3.63) is 29.8 Å². The van der Waals surface area contributed by atoms with Gasteiger partial charge in [0.2, 0.25) is 0 Å². The van der Waals surface area contributed by atoms with E-state index in [4.69, 9.17) is 15.7 Å². The highest BCUT2D eigenvalue weighted by Crippen LogP contribution is 2.14. The van der Waals surface area contributed by atoms with Crippen LogP contribution in [0.3, 0.4) is 0 Å². The van der Waals surface area contributed by atoms with Crippen LogP contribution in [0.5, 0.6) is 5.75 Å². The highest BCUT2D eigenvalue weighted by molar-refractivity contribution is 5.27. The summed E-state index contributed by atoms with van der Waals surface area (Å²) in [6, 6.07) is 8.35. The van der Waals surface area contributed by atoms with Gasteiger partial charge in [0, 0.05) is 39.3 Å². The quantitative estimate of drug-likeness (QED) is 0.397. The average Bonchev–Trinajstić information content (AvgIpc) is 2.58. The van der Waals surface area contributed by atoms with Crippen LogP contribution in [0.25, 0.3) is 0 Å². The van der Waals surface area contributed by atoms with Gasteiger partial charge in [-0.05, 0) is 30.7 Å². The topological polar surface area (TPSA) is 65.2 Å². The molecule has 0 atom stereocenters. The van der Waals surface area contributed by atoms with E-state index in [2.05, 4.69) is 17.0 Å². The molecule has 6 heteroatoms. The Labute approximate surface area is 139 Å². The van der Waals surface area contributed by atoms with Crippen LogP contribution in [0, 0.1) is 0 Å².